The van der Waals surface area contributed by atoms with Crippen LogP contribution in [0, 0.1) is 5.41 Å². The molecule has 1 aliphatic heterocycles. The number of nitrogens with one attached hydrogen (secondary N) is 1. The highest BCUT2D eigenvalue weighted by molar-refractivity contribution is 5.80. The SMILES string of the molecule is COC(=O)[C@@]1(C)Cc2ccccc2N[C@@H]1CCc1ccccc1. The fourth-order valence-corrected chi connectivity index (χ4v) is 3.48. The van der Waals surface area contributed by atoms with Crippen LogP contribution < -0.4 is 5.32 Å². The molecule has 0 amide bonds. The summed E-state index contributed by atoms with van der Waals surface area (Å²) in [6, 6.07) is 18.7. The van der Waals surface area contributed by atoms with Gasteiger partial charge in [-0.1, -0.05) is 48.5 Å². The number of para-hydroxylation sites is 1. The van der Waals surface area contributed by atoms with Gasteiger partial charge in [-0.2, -0.15) is 0 Å². The van der Waals surface area contributed by atoms with E-state index in [2.05, 4.69) is 41.7 Å². The summed E-state index contributed by atoms with van der Waals surface area (Å²) in [5.41, 5.74) is 3.06. The second-order valence-electron chi connectivity index (χ2n) is 6.46. The summed E-state index contributed by atoms with van der Waals surface area (Å²) < 4.78 is 5.11. The van der Waals surface area contributed by atoms with Gasteiger partial charge in [0.1, 0.15) is 0 Å². The number of ether oxygens (including phenoxy) is 1. The van der Waals surface area contributed by atoms with Gasteiger partial charge in [0.2, 0.25) is 0 Å². The molecule has 0 saturated heterocycles. The van der Waals surface area contributed by atoms with Gasteiger partial charge >= 0.3 is 5.97 Å². The molecule has 0 saturated carbocycles. The first-order valence-electron chi connectivity index (χ1n) is 8.10. The maximum absolute atomic E-state index is 12.5. The number of fused-ring (bicyclic) bond motifs is 1. The molecule has 2 aromatic rings. The van der Waals surface area contributed by atoms with Crippen molar-refractivity contribution < 1.29 is 9.53 Å². The van der Waals surface area contributed by atoms with Crippen LogP contribution in [0.5, 0.6) is 0 Å². The van der Waals surface area contributed by atoms with Gasteiger partial charge in [-0.05, 0) is 43.4 Å². The highest BCUT2D eigenvalue weighted by Crippen LogP contribution is 2.39. The molecule has 1 N–H and O–H groups in total. The molecular weight excluding hydrogens is 286 g/mol. The summed E-state index contributed by atoms with van der Waals surface area (Å²) in [5, 5.41) is 3.57. The average molecular weight is 309 g/mol. The number of methoxy groups -OCH3 is 1. The number of esters is 1. The van der Waals surface area contributed by atoms with E-state index >= 15 is 0 Å². The third kappa shape index (κ3) is 3.09. The fourth-order valence-electron chi connectivity index (χ4n) is 3.48. The molecule has 1 aliphatic rings. The largest absolute Gasteiger partial charge is 0.469 e. The quantitative estimate of drug-likeness (QED) is 0.872. The lowest BCUT2D eigenvalue weighted by Crippen LogP contribution is -2.49. The summed E-state index contributed by atoms with van der Waals surface area (Å²) in [6.07, 6.45) is 2.54. The first-order valence-corrected chi connectivity index (χ1v) is 8.10. The number of benzene rings is 2. The number of hydrogen-bond donors (Lipinski definition) is 1. The minimum absolute atomic E-state index is 0.0602. The maximum Gasteiger partial charge on any atom is 0.313 e. The highest BCUT2D eigenvalue weighted by Gasteiger charge is 2.45. The van der Waals surface area contributed by atoms with Crippen LogP contribution in [0.4, 0.5) is 5.69 Å². The molecule has 0 aliphatic carbocycles. The number of aryl methyl sites for hydroxylation is 1. The zero-order valence-corrected chi connectivity index (χ0v) is 13.7. The lowest BCUT2D eigenvalue weighted by atomic mass is 9.72. The van der Waals surface area contributed by atoms with Gasteiger partial charge in [0, 0.05) is 11.7 Å². The van der Waals surface area contributed by atoms with E-state index in [0.29, 0.717) is 6.42 Å². The van der Waals surface area contributed by atoms with Gasteiger partial charge in [0.25, 0.3) is 0 Å². The minimum Gasteiger partial charge on any atom is -0.469 e. The lowest BCUT2D eigenvalue weighted by Gasteiger charge is -2.41. The summed E-state index contributed by atoms with van der Waals surface area (Å²) in [4.78, 5) is 12.5. The van der Waals surface area contributed by atoms with Crippen LogP contribution >= 0.6 is 0 Å². The van der Waals surface area contributed by atoms with Crippen LogP contribution in [0.25, 0.3) is 0 Å². The van der Waals surface area contributed by atoms with Crippen LogP contribution in [0.2, 0.25) is 0 Å². The molecule has 23 heavy (non-hydrogen) atoms. The molecule has 0 fully saturated rings. The Morgan fingerprint density at radius 1 is 1.17 bits per heavy atom. The summed E-state index contributed by atoms with van der Waals surface area (Å²) in [7, 11) is 1.47. The molecule has 0 bridgehead atoms. The number of anilines is 1. The van der Waals surface area contributed by atoms with Crippen molar-refractivity contribution in [1.82, 2.24) is 0 Å². The zero-order valence-electron chi connectivity index (χ0n) is 13.7. The van der Waals surface area contributed by atoms with Crippen molar-refractivity contribution in [3.8, 4) is 0 Å². The van der Waals surface area contributed by atoms with E-state index in [9.17, 15) is 4.79 Å². The van der Waals surface area contributed by atoms with E-state index < -0.39 is 5.41 Å². The first kappa shape index (κ1) is 15.6. The predicted octanol–water partition coefficient (Wildman–Crippen LogP) is 3.84. The first-order chi connectivity index (χ1) is 11.1. The molecule has 3 rings (SSSR count). The van der Waals surface area contributed by atoms with Crippen molar-refractivity contribution in [2.45, 2.75) is 32.2 Å². The van der Waals surface area contributed by atoms with Crippen LogP contribution in [-0.2, 0) is 22.4 Å². The van der Waals surface area contributed by atoms with Gasteiger partial charge in [-0.25, -0.2) is 0 Å². The fraction of sp³-hybridized carbons (Fsp3) is 0.350. The number of carbonyl (C=O) groups is 1. The Kier molecular flexibility index (Phi) is 4.37. The Balaban J connectivity index is 1.84. The molecule has 120 valence electrons. The van der Waals surface area contributed by atoms with Gasteiger partial charge in [-0.3, -0.25) is 4.79 Å². The van der Waals surface area contributed by atoms with E-state index in [4.69, 9.17) is 4.74 Å². The second kappa shape index (κ2) is 6.45. The normalized spacial score (nSPS) is 22.8. The Bertz CT molecular complexity index is 683. The average Bonchev–Trinajstić information content (AvgIpc) is 2.60. The number of carbonyl (C=O) groups excluding carboxylic acids is 1. The highest BCUT2D eigenvalue weighted by atomic mass is 16.5. The third-order valence-electron chi connectivity index (χ3n) is 4.89. The standard InChI is InChI=1S/C20H23NO2/c1-20(19(22)23-2)14-16-10-6-7-11-17(16)21-18(20)13-12-15-8-4-3-5-9-15/h3-11,18,21H,12-14H2,1-2H3/t18-,20+/m1/s1. The molecule has 3 heteroatoms. The van der Waals surface area contributed by atoms with E-state index in [1.807, 2.05) is 25.1 Å². The van der Waals surface area contributed by atoms with E-state index in [1.54, 1.807) is 0 Å². The Labute approximate surface area is 137 Å². The van der Waals surface area contributed by atoms with E-state index in [1.165, 1.54) is 18.2 Å². The second-order valence-corrected chi connectivity index (χ2v) is 6.46. The molecule has 1 heterocycles. The van der Waals surface area contributed by atoms with Crippen molar-refractivity contribution in [3.05, 3.63) is 65.7 Å². The van der Waals surface area contributed by atoms with Crippen LogP contribution in [0.1, 0.15) is 24.5 Å². The number of hydrogen-bond acceptors (Lipinski definition) is 3. The van der Waals surface area contributed by atoms with Gasteiger partial charge < -0.3 is 10.1 Å². The Morgan fingerprint density at radius 2 is 1.87 bits per heavy atom. The zero-order chi connectivity index (χ0) is 16.3. The smallest absolute Gasteiger partial charge is 0.313 e. The van der Waals surface area contributed by atoms with Gasteiger partial charge in [-0.15, -0.1) is 0 Å². The van der Waals surface area contributed by atoms with Crippen LogP contribution in [0.15, 0.2) is 54.6 Å². The Hall–Kier alpha value is -2.29. The van der Waals surface area contributed by atoms with Gasteiger partial charge in [0.05, 0.1) is 12.5 Å². The van der Waals surface area contributed by atoms with E-state index in [0.717, 1.165) is 18.5 Å². The van der Waals surface area contributed by atoms with E-state index in [-0.39, 0.29) is 12.0 Å². The molecular formula is C20H23NO2. The molecule has 3 nitrogen and oxygen atoms in total. The van der Waals surface area contributed by atoms with Crippen molar-refractivity contribution in [2.24, 2.45) is 5.41 Å². The molecule has 0 unspecified atom stereocenters. The van der Waals surface area contributed by atoms with Crippen molar-refractivity contribution in [1.29, 1.82) is 0 Å². The summed E-state index contributed by atoms with van der Waals surface area (Å²) in [6.45, 7) is 2.01. The summed E-state index contributed by atoms with van der Waals surface area (Å²) >= 11 is 0. The predicted molar refractivity (Wildman–Crippen MR) is 92.4 cm³/mol. The molecule has 0 aromatic heterocycles. The minimum atomic E-state index is -0.544. The molecule has 0 spiro atoms. The third-order valence-corrected chi connectivity index (χ3v) is 4.89. The van der Waals surface area contributed by atoms with Gasteiger partial charge in [0.15, 0.2) is 0 Å². The monoisotopic (exact) mass is 309 g/mol. The number of rotatable bonds is 4. The topological polar surface area (TPSA) is 38.3 Å². The van der Waals surface area contributed by atoms with Crippen molar-refractivity contribution >= 4 is 11.7 Å². The van der Waals surface area contributed by atoms with Crippen molar-refractivity contribution in [3.63, 3.8) is 0 Å². The lowest BCUT2D eigenvalue weighted by molar-refractivity contribution is -0.153. The molecule has 0 radical (unpaired) electrons. The maximum atomic E-state index is 12.5. The molecule has 2 atom stereocenters. The van der Waals surface area contributed by atoms with Crippen molar-refractivity contribution in [2.75, 3.05) is 12.4 Å². The Morgan fingerprint density at radius 3 is 2.61 bits per heavy atom. The van der Waals surface area contributed by atoms with Crippen LogP contribution in [0.3, 0.4) is 0 Å². The van der Waals surface area contributed by atoms with Crippen LogP contribution in [-0.4, -0.2) is 19.1 Å². The molecule has 2 aromatic carbocycles. The summed E-state index contributed by atoms with van der Waals surface area (Å²) in [5.74, 6) is -0.141.